The Kier molecular flexibility index (Phi) is 3.21. The normalized spacial score (nSPS) is 27.6. The van der Waals surface area contributed by atoms with E-state index in [1.807, 2.05) is 0 Å². The molecule has 0 amide bonds. The van der Waals surface area contributed by atoms with Gasteiger partial charge in [0, 0.05) is 29.6 Å². The molecule has 0 saturated carbocycles. The van der Waals surface area contributed by atoms with E-state index in [0.717, 1.165) is 17.6 Å². The highest BCUT2D eigenvalue weighted by atomic mass is 79.9. The first-order valence-corrected chi connectivity index (χ1v) is 5.79. The van der Waals surface area contributed by atoms with Gasteiger partial charge in [0.05, 0.1) is 0 Å². The molecule has 1 aromatic rings. The van der Waals surface area contributed by atoms with Crippen LogP contribution in [0.25, 0.3) is 0 Å². The highest BCUT2D eigenvalue weighted by Crippen LogP contribution is 2.21. The third kappa shape index (κ3) is 2.16. The maximum absolute atomic E-state index is 3.53. The van der Waals surface area contributed by atoms with E-state index in [-0.39, 0.29) is 0 Å². The van der Waals surface area contributed by atoms with E-state index in [2.05, 4.69) is 57.8 Å². The first-order valence-electron chi connectivity index (χ1n) is 4.99. The summed E-state index contributed by atoms with van der Waals surface area (Å²) in [5.41, 5.74) is 1.35. The van der Waals surface area contributed by atoms with Gasteiger partial charge in [0.15, 0.2) is 0 Å². The van der Waals surface area contributed by atoms with Crippen molar-refractivity contribution in [1.82, 2.24) is 10.6 Å². The molecule has 76 valence electrons. The molecule has 2 atom stereocenters. The van der Waals surface area contributed by atoms with Crippen molar-refractivity contribution in [2.75, 3.05) is 13.1 Å². The van der Waals surface area contributed by atoms with Gasteiger partial charge in [0.2, 0.25) is 0 Å². The lowest BCUT2D eigenvalue weighted by Crippen LogP contribution is -2.48. The number of benzene rings is 1. The standard InChI is InChI=1S/C11H15BrN2/c1-8-11(14-6-5-13-8)9-3-2-4-10(12)7-9/h2-4,7-8,11,13-14H,5-6H2,1H3. The largest absolute Gasteiger partial charge is 0.311 e. The Bertz CT molecular complexity index is 314. The van der Waals surface area contributed by atoms with Crippen LogP contribution in [-0.2, 0) is 0 Å². The molecule has 3 heteroatoms. The number of piperazine rings is 1. The maximum atomic E-state index is 3.53. The lowest BCUT2D eigenvalue weighted by atomic mass is 9.99. The minimum absolute atomic E-state index is 0.432. The molecule has 1 saturated heterocycles. The van der Waals surface area contributed by atoms with Crippen molar-refractivity contribution in [3.63, 3.8) is 0 Å². The Hall–Kier alpha value is -0.380. The van der Waals surface area contributed by atoms with Crippen molar-refractivity contribution < 1.29 is 0 Å². The van der Waals surface area contributed by atoms with Crippen LogP contribution in [0.5, 0.6) is 0 Å². The average molecular weight is 255 g/mol. The summed E-state index contributed by atoms with van der Waals surface area (Å²) in [6.07, 6.45) is 0. The fraction of sp³-hybridized carbons (Fsp3) is 0.455. The topological polar surface area (TPSA) is 24.1 Å². The van der Waals surface area contributed by atoms with Crippen molar-refractivity contribution in [2.45, 2.75) is 19.0 Å². The number of nitrogens with one attached hydrogen (secondary N) is 2. The van der Waals surface area contributed by atoms with Gasteiger partial charge in [-0.3, -0.25) is 0 Å². The molecule has 0 radical (unpaired) electrons. The molecule has 14 heavy (non-hydrogen) atoms. The van der Waals surface area contributed by atoms with E-state index in [1.165, 1.54) is 5.56 Å². The number of halogens is 1. The molecule has 0 aliphatic carbocycles. The van der Waals surface area contributed by atoms with Crippen molar-refractivity contribution in [1.29, 1.82) is 0 Å². The third-order valence-corrected chi connectivity index (χ3v) is 3.16. The minimum Gasteiger partial charge on any atom is -0.311 e. The zero-order valence-corrected chi connectivity index (χ0v) is 9.84. The molecule has 1 aliphatic heterocycles. The van der Waals surface area contributed by atoms with Crippen LogP contribution in [0.3, 0.4) is 0 Å². The smallest absolute Gasteiger partial charge is 0.0474 e. The Morgan fingerprint density at radius 1 is 1.29 bits per heavy atom. The lowest BCUT2D eigenvalue weighted by Gasteiger charge is -2.31. The van der Waals surface area contributed by atoms with E-state index in [1.54, 1.807) is 0 Å². The monoisotopic (exact) mass is 254 g/mol. The van der Waals surface area contributed by atoms with Crippen molar-refractivity contribution >= 4 is 15.9 Å². The summed E-state index contributed by atoms with van der Waals surface area (Å²) in [7, 11) is 0. The molecule has 2 unspecified atom stereocenters. The fourth-order valence-electron chi connectivity index (χ4n) is 1.93. The van der Waals surface area contributed by atoms with Crippen molar-refractivity contribution in [2.24, 2.45) is 0 Å². The van der Waals surface area contributed by atoms with E-state index in [4.69, 9.17) is 0 Å². The maximum Gasteiger partial charge on any atom is 0.0474 e. The van der Waals surface area contributed by atoms with E-state index < -0.39 is 0 Å². The van der Waals surface area contributed by atoms with E-state index in [9.17, 15) is 0 Å². The molecular formula is C11H15BrN2. The first-order chi connectivity index (χ1) is 6.77. The second-order valence-corrected chi connectivity index (χ2v) is 4.65. The Morgan fingerprint density at radius 2 is 2.07 bits per heavy atom. The van der Waals surface area contributed by atoms with Gasteiger partial charge in [0.25, 0.3) is 0 Å². The van der Waals surface area contributed by atoms with Gasteiger partial charge < -0.3 is 10.6 Å². The van der Waals surface area contributed by atoms with Gasteiger partial charge in [-0.05, 0) is 24.6 Å². The molecular weight excluding hydrogens is 240 g/mol. The first kappa shape index (κ1) is 10.1. The molecule has 0 bridgehead atoms. The molecule has 1 heterocycles. The van der Waals surface area contributed by atoms with Crippen LogP contribution in [0.15, 0.2) is 28.7 Å². The van der Waals surface area contributed by atoms with Gasteiger partial charge >= 0.3 is 0 Å². The van der Waals surface area contributed by atoms with Crippen LogP contribution in [0.1, 0.15) is 18.5 Å². The number of hydrogen-bond donors (Lipinski definition) is 2. The molecule has 0 aromatic heterocycles. The van der Waals surface area contributed by atoms with Crippen molar-refractivity contribution in [3.8, 4) is 0 Å². The SMILES string of the molecule is CC1NCCNC1c1cccc(Br)c1. The molecule has 2 N–H and O–H groups in total. The molecule has 2 nitrogen and oxygen atoms in total. The molecule has 1 aliphatic rings. The summed E-state index contributed by atoms with van der Waals surface area (Å²) < 4.78 is 1.15. The van der Waals surface area contributed by atoms with Gasteiger partial charge in [-0.1, -0.05) is 28.1 Å². The van der Waals surface area contributed by atoms with E-state index >= 15 is 0 Å². The highest BCUT2D eigenvalue weighted by Gasteiger charge is 2.21. The van der Waals surface area contributed by atoms with Crippen molar-refractivity contribution in [3.05, 3.63) is 34.3 Å². The molecule has 0 spiro atoms. The Morgan fingerprint density at radius 3 is 2.79 bits per heavy atom. The van der Waals surface area contributed by atoms with E-state index in [0.29, 0.717) is 12.1 Å². The summed E-state index contributed by atoms with van der Waals surface area (Å²) in [5.74, 6) is 0. The molecule has 1 aromatic carbocycles. The van der Waals surface area contributed by atoms with Gasteiger partial charge in [-0.25, -0.2) is 0 Å². The summed E-state index contributed by atoms with van der Waals surface area (Å²) in [6.45, 7) is 4.32. The Labute approximate surface area is 93.2 Å². The summed E-state index contributed by atoms with van der Waals surface area (Å²) in [6, 6.07) is 9.43. The summed E-state index contributed by atoms with van der Waals surface area (Å²) in [4.78, 5) is 0. The fourth-order valence-corrected chi connectivity index (χ4v) is 2.35. The number of rotatable bonds is 1. The lowest BCUT2D eigenvalue weighted by molar-refractivity contribution is 0.345. The average Bonchev–Trinajstić information content (AvgIpc) is 2.18. The zero-order valence-electron chi connectivity index (χ0n) is 8.26. The van der Waals surface area contributed by atoms with Crippen LogP contribution < -0.4 is 10.6 Å². The third-order valence-electron chi connectivity index (χ3n) is 2.66. The summed E-state index contributed by atoms with van der Waals surface area (Å²) >= 11 is 3.50. The second kappa shape index (κ2) is 4.43. The summed E-state index contributed by atoms with van der Waals surface area (Å²) in [5, 5.41) is 7.00. The number of hydrogen-bond acceptors (Lipinski definition) is 2. The second-order valence-electron chi connectivity index (χ2n) is 3.73. The van der Waals surface area contributed by atoms with Crippen LogP contribution >= 0.6 is 15.9 Å². The molecule has 1 fully saturated rings. The molecule has 2 rings (SSSR count). The minimum atomic E-state index is 0.432. The quantitative estimate of drug-likeness (QED) is 0.802. The zero-order chi connectivity index (χ0) is 9.97. The van der Waals surface area contributed by atoms with Gasteiger partial charge in [-0.2, -0.15) is 0 Å². The Balaban J connectivity index is 2.20. The van der Waals surface area contributed by atoms with Crippen LogP contribution in [-0.4, -0.2) is 19.1 Å². The van der Waals surface area contributed by atoms with Crippen LogP contribution in [0, 0.1) is 0 Å². The van der Waals surface area contributed by atoms with Crippen LogP contribution in [0.2, 0.25) is 0 Å². The predicted octanol–water partition coefficient (Wildman–Crippen LogP) is 2.07. The van der Waals surface area contributed by atoms with Crippen LogP contribution in [0.4, 0.5) is 0 Å². The highest BCUT2D eigenvalue weighted by molar-refractivity contribution is 9.10. The predicted molar refractivity (Wildman–Crippen MR) is 62.4 cm³/mol. The van der Waals surface area contributed by atoms with Gasteiger partial charge in [-0.15, -0.1) is 0 Å². The van der Waals surface area contributed by atoms with Gasteiger partial charge in [0.1, 0.15) is 0 Å².